The Bertz CT molecular complexity index is 1120. The van der Waals surface area contributed by atoms with Crippen molar-refractivity contribution in [3.63, 3.8) is 0 Å². The highest BCUT2D eigenvalue weighted by Gasteiger charge is 2.30. The Morgan fingerprint density at radius 2 is 1.65 bits per heavy atom. The largest absolute Gasteiger partial charge is 0.494 e. The maximum Gasteiger partial charge on any atom is 0.243 e. The molecule has 196 valence electrons. The van der Waals surface area contributed by atoms with Gasteiger partial charge in [0.2, 0.25) is 11.8 Å². The third kappa shape index (κ3) is 9.52. The summed E-state index contributed by atoms with van der Waals surface area (Å²) in [5.41, 5.74) is 1.97. The van der Waals surface area contributed by atoms with E-state index in [2.05, 4.69) is 21.2 Å². The van der Waals surface area contributed by atoms with Gasteiger partial charge in [-0.25, -0.2) is 0 Å². The van der Waals surface area contributed by atoms with Gasteiger partial charge in [-0.3, -0.25) is 9.59 Å². The Balaban J connectivity index is 1.78. The number of ether oxygens (including phenoxy) is 1. The molecule has 2 atom stereocenters. The van der Waals surface area contributed by atoms with E-state index in [1.807, 2.05) is 68.4 Å². The molecule has 1 N–H and O–H groups in total. The molecule has 0 bridgehead atoms. The van der Waals surface area contributed by atoms with Gasteiger partial charge in [0, 0.05) is 34.9 Å². The summed E-state index contributed by atoms with van der Waals surface area (Å²) in [6.45, 7) is 4.74. The van der Waals surface area contributed by atoms with Crippen LogP contribution in [0.1, 0.15) is 44.2 Å². The average Bonchev–Trinajstić information content (AvgIpc) is 2.91. The zero-order chi connectivity index (χ0) is 26.6. The fourth-order valence-corrected chi connectivity index (χ4v) is 4.26. The minimum Gasteiger partial charge on any atom is -0.494 e. The van der Waals surface area contributed by atoms with E-state index in [-0.39, 0.29) is 24.3 Å². The molecule has 0 spiro atoms. The molecular weight excluding hydrogens is 552 g/mol. The van der Waals surface area contributed by atoms with Gasteiger partial charge in [-0.15, -0.1) is 0 Å². The first-order valence-electron chi connectivity index (χ1n) is 12.6. The molecule has 0 unspecified atom stereocenters. The molecule has 0 saturated carbocycles. The van der Waals surface area contributed by atoms with Crippen LogP contribution in [0, 0.1) is 0 Å². The number of hydrogen-bond donors (Lipinski definition) is 1. The van der Waals surface area contributed by atoms with Crippen LogP contribution in [-0.2, 0) is 22.6 Å². The molecule has 3 aromatic rings. The maximum atomic E-state index is 13.6. The van der Waals surface area contributed by atoms with E-state index in [0.29, 0.717) is 36.8 Å². The highest BCUT2D eigenvalue weighted by atomic mass is 79.9. The van der Waals surface area contributed by atoms with Gasteiger partial charge in [0.15, 0.2) is 0 Å². The Labute approximate surface area is 233 Å². The van der Waals surface area contributed by atoms with Gasteiger partial charge in [-0.2, -0.15) is 0 Å². The van der Waals surface area contributed by atoms with Crippen LogP contribution in [-0.4, -0.2) is 35.4 Å². The summed E-state index contributed by atoms with van der Waals surface area (Å²) in [6.07, 6.45) is 2.05. The summed E-state index contributed by atoms with van der Waals surface area (Å²) in [7, 11) is 0. The fourth-order valence-electron chi connectivity index (χ4n) is 3.87. The molecule has 0 aromatic heterocycles. The lowest BCUT2D eigenvalue weighted by molar-refractivity contribution is -0.141. The van der Waals surface area contributed by atoms with Crippen molar-refractivity contribution in [2.45, 2.75) is 58.2 Å². The second-order valence-corrected chi connectivity index (χ2v) is 10.4. The first kappa shape index (κ1) is 28.7. The summed E-state index contributed by atoms with van der Waals surface area (Å²) in [5.74, 6) is 0.488. The lowest BCUT2D eigenvalue weighted by Gasteiger charge is -2.32. The molecule has 3 rings (SSSR count). The number of rotatable bonds is 13. The molecule has 0 aliphatic rings. The third-order valence-corrected chi connectivity index (χ3v) is 6.94. The van der Waals surface area contributed by atoms with Crippen LogP contribution in [0.2, 0.25) is 5.02 Å². The summed E-state index contributed by atoms with van der Waals surface area (Å²) in [6, 6.07) is 24.2. The molecule has 0 aliphatic heterocycles. The predicted octanol–water partition coefficient (Wildman–Crippen LogP) is 6.82. The van der Waals surface area contributed by atoms with Crippen LogP contribution in [0.25, 0.3) is 0 Å². The summed E-state index contributed by atoms with van der Waals surface area (Å²) in [5, 5.41) is 3.74. The predicted molar refractivity (Wildman–Crippen MR) is 153 cm³/mol. The molecule has 37 heavy (non-hydrogen) atoms. The molecule has 5 nitrogen and oxygen atoms in total. The van der Waals surface area contributed by atoms with E-state index >= 15 is 0 Å². The standard InChI is InChI=1S/C30H34BrClN2O3/c1-3-22(2)33-30(36)28(20-23-8-5-4-6-9-23)34(21-24-11-13-25(31)14-12-24)29(35)10-7-19-37-27-17-15-26(32)16-18-27/h4-6,8-9,11-18,22,28H,3,7,10,19-21H2,1-2H3,(H,33,36)/t22-,28+/m1/s1. The van der Waals surface area contributed by atoms with Crippen LogP contribution < -0.4 is 10.1 Å². The van der Waals surface area contributed by atoms with E-state index in [9.17, 15) is 9.59 Å². The topological polar surface area (TPSA) is 58.6 Å². The van der Waals surface area contributed by atoms with Gasteiger partial charge in [-0.1, -0.05) is 76.9 Å². The van der Waals surface area contributed by atoms with E-state index in [1.165, 1.54) is 0 Å². The lowest BCUT2D eigenvalue weighted by atomic mass is 10.0. The number of carbonyl (C=O) groups excluding carboxylic acids is 2. The number of carbonyl (C=O) groups is 2. The summed E-state index contributed by atoms with van der Waals surface area (Å²) in [4.78, 5) is 28.8. The number of hydrogen-bond acceptors (Lipinski definition) is 3. The maximum absolute atomic E-state index is 13.6. The normalized spacial score (nSPS) is 12.4. The number of nitrogens with one attached hydrogen (secondary N) is 1. The molecule has 0 fully saturated rings. The third-order valence-electron chi connectivity index (χ3n) is 6.16. The number of halogens is 2. The van der Waals surface area contributed by atoms with Crippen LogP contribution in [0.5, 0.6) is 5.75 Å². The minimum atomic E-state index is -0.635. The van der Waals surface area contributed by atoms with E-state index in [0.717, 1.165) is 22.0 Å². The monoisotopic (exact) mass is 584 g/mol. The van der Waals surface area contributed by atoms with Crippen molar-refractivity contribution in [1.82, 2.24) is 10.2 Å². The molecule has 0 saturated heterocycles. The first-order valence-corrected chi connectivity index (χ1v) is 13.8. The van der Waals surface area contributed by atoms with Crippen molar-refractivity contribution in [3.05, 3.63) is 99.5 Å². The minimum absolute atomic E-state index is 0.0168. The Morgan fingerprint density at radius 1 is 0.973 bits per heavy atom. The molecule has 2 amide bonds. The summed E-state index contributed by atoms with van der Waals surface area (Å²) < 4.78 is 6.74. The molecule has 0 heterocycles. The van der Waals surface area contributed by atoms with E-state index in [4.69, 9.17) is 16.3 Å². The summed E-state index contributed by atoms with van der Waals surface area (Å²) >= 11 is 9.41. The average molecular weight is 586 g/mol. The quantitative estimate of drug-likeness (QED) is 0.224. The van der Waals surface area contributed by atoms with Gasteiger partial charge in [0.1, 0.15) is 11.8 Å². The number of amides is 2. The van der Waals surface area contributed by atoms with Crippen molar-refractivity contribution in [1.29, 1.82) is 0 Å². The van der Waals surface area contributed by atoms with Crippen LogP contribution in [0.15, 0.2) is 83.3 Å². The second-order valence-electron chi connectivity index (χ2n) is 9.08. The van der Waals surface area contributed by atoms with Gasteiger partial charge < -0.3 is 15.0 Å². The van der Waals surface area contributed by atoms with Crippen molar-refractivity contribution in [2.75, 3.05) is 6.61 Å². The van der Waals surface area contributed by atoms with Crippen LogP contribution in [0.4, 0.5) is 0 Å². The van der Waals surface area contributed by atoms with Crippen molar-refractivity contribution in [2.24, 2.45) is 0 Å². The zero-order valence-corrected chi connectivity index (χ0v) is 23.7. The lowest BCUT2D eigenvalue weighted by Crippen LogP contribution is -2.52. The van der Waals surface area contributed by atoms with Gasteiger partial charge in [-0.05, 0) is 67.3 Å². The van der Waals surface area contributed by atoms with Gasteiger partial charge in [0.25, 0.3) is 0 Å². The van der Waals surface area contributed by atoms with Crippen molar-refractivity contribution in [3.8, 4) is 5.75 Å². The van der Waals surface area contributed by atoms with Crippen LogP contribution in [0.3, 0.4) is 0 Å². The SMILES string of the molecule is CC[C@@H](C)NC(=O)[C@H](Cc1ccccc1)N(Cc1ccc(Br)cc1)C(=O)CCCOc1ccc(Cl)cc1. The van der Waals surface area contributed by atoms with Crippen molar-refractivity contribution >= 4 is 39.3 Å². The Morgan fingerprint density at radius 3 is 2.30 bits per heavy atom. The second kappa shape index (κ2) is 14.8. The first-order chi connectivity index (χ1) is 17.9. The molecular formula is C30H34BrClN2O3. The fraction of sp³-hybridized carbons (Fsp3) is 0.333. The highest BCUT2D eigenvalue weighted by molar-refractivity contribution is 9.10. The van der Waals surface area contributed by atoms with Gasteiger partial charge in [0.05, 0.1) is 6.61 Å². The smallest absolute Gasteiger partial charge is 0.243 e. The van der Waals surface area contributed by atoms with E-state index in [1.54, 1.807) is 29.2 Å². The Kier molecular flexibility index (Phi) is 11.5. The molecule has 0 radical (unpaired) electrons. The van der Waals surface area contributed by atoms with E-state index < -0.39 is 6.04 Å². The van der Waals surface area contributed by atoms with Gasteiger partial charge >= 0.3 is 0 Å². The van der Waals surface area contributed by atoms with Crippen molar-refractivity contribution < 1.29 is 14.3 Å². The molecule has 3 aromatic carbocycles. The highest BCUT2D eigenvalue weighted by Crippen LogP contribution is 2.19. The number of benzene rings is 3. The van der Waals surface area contributed by atoms with Crippen LogP contribution >= 0.6 is 27.5 Å². The molecule has 0 aliphatic carbocycles. The number of nitrogens with zero attached hydrogens (tertiary/aromatic N) is 1. The Hall–Kier alpha value is -2.83. The zero-order valence-electron chi connectivity index (χ0n) is 21.3. The molecule has 7 heteroatoms.